The fraction of sp³-hybridized carbons (Fsp3) is 0.900. The molecule has 0 N–H and O–H groups in total. The highest BCUT2D eigenvalue weighted by Crippen LogP contribution is 2.39. The van der Waals surface area contributed by atoms with Crippen molar-refractivity contribution in [2.75, 3.05) is 13.2 Å². The van der Waals surface area contributed by atoms with Gasteiger partial charge >= 0.3 is 0 Å². The van der Waals surface area contributed by atoms with Crippen LogP contribution in [0.4, 0.5) is 0 Å². The molecule has 74 valence electrons. The third-order valence-electron chi connectivity index (χ3n) is 3.02. The monoisotopic (exact) mass is 184 g/mol. The molecule has 1 aliphatic heterocycles. The van der Waals surface area contributed by atoms with E-state index in [4.69, 9.17) is 9.47 Å². The Labute approximate surface area is 78.4 Å². The fourth-order valence-corrected chi connectivity index (χ4v) is 2.44. The highest BCUT2D eigenvalue weighted by molar-refractivity contribution is 5.83. The van der Waals surface area contributed by atoms with Crippen LogP contribution in [0.2, 0.25) is 0 Å². The van der Waals surface area contributed by atoms with Gasteiger partial charge in [0.05, 0.1) is 13.2 Å². The van der Waals surface area contributed by atoms with Crippen molar-refractivity contribution in [2.24, 2.45) is 11.8 Å². The van der Waals surface area contributed by atoms with Crippen molar-refractivity contribution in [2.45, 2.75) is 32.5 Å². The zero-order valence-corrected chi connectivity index (χ0v) is 8.21. The molecule has 3 nitrogen and oxygen atoms in total. The molecule has 1 aliphatic carbocycles. The minimum absolute atomic E-state index is 0.0850. The van der Waals surface area contributed by atoms with Gasteiger partial charge in [0.2, 0.25) is 0 Å². The average molecular weight is 184 g/mol. The van der Waals surface area contributed by atoms with Gasteiger partial charge in [-0.15, -0.1) is 0 Å². The van der Waals surface area contributed by atoms with Crippen molar-refractivity contribution in [1.29, 1.82) is 0 Å². The lowest BCUT2D eigenvalue weighted by atomic mass is 9.78. The second-order valence-corrected chi connectivity index (χ2v) is 4.22. The maximum absolute atomic E-state index is 11.6. The summed E-state index contributed by atoms with van der Waals surface area (Å²) in [6.45, 7) is 5.27. The SMILES string of the molecule is C[C@@H]1CC2(C[C@@H](C)C1=O)OCCO2. The van der Waals surface area contributed by atoms with Crippen LogP contribution in [0.1, 0.15) is 26.7 Å². The fourth-order valence-electron chi connectivity index (χ4n) is 2.44. The van der Waals surface area contributed by atoms with E-state index in [0.29, 0.717) is 19.0 Å². The summed E-state index contributed by atoms with van der Waals surface area (Å²) >= 11 is 0. The smallest absolute Gasteiger partial charge is 0.169 e. The van der Waals surface area contributed by atoms with Crippen LogP contribution >= 0.6 is 0 Å². The Morgan fingerprint density at radius 2 is 1.62 bits per heavy atom. The van der Waals surface area contributed by atoms with E-state index in [0.717, 1.165) is 12.8 Å². The van der Waals surface area contributed by atoms with Crippen LogP contribution in [-0.4, -0.2) is 24.8 Å². The second-order valence-electron chi connectivity index (χ2n) is 4.22. The standard InChI is InChI=1S/C10H16O3/c1-7-5-10(12-3-4-13-10)6-8(2)9(7)11/h7-8H,3-6H2,1-2H3/t7-,8-/m1/s1. The summed E-state index contributed by atoms with van der Waals surface area (Å²) in [6.07, 6.45) is 1.46. The molecule has 3 heteroatoms. The van der Waals surface area contributed by atoms with Gasteiger partial charge in [0.15, 0.2) is 5.79 Å². The van der Waals surface area contributed by atoms with Gasteiger partial charge in [0.25, 0.3) is 0 Å². The Morgan fingerprint density at radius 1 is 1.15 bits per heavy atom. The summed E-state index contributed by atoms with van der Waals surface area (Å²) in [5.74, 6) is 0.0978. The molecule has 1 heterocycles. The third kappa shape index (κ3) is 1.51. The molecule has 0 aromatic carbocycles. The van der Waals surface area contributed by atoms with Crippen LogP contribution in [0.15, 0.2) is 0 Å². The molecule has 0 unspecified atom stereocenters. The molecule has 2 aliphatic rings. The molecule has 1 saturated carbocycles. The lowest BCUT2D eigenvalue weighted by molar-refractivity contribution is -0.196. The summed E-state index contributed by atoms with van der Waals surface area (Å²) in [7, 11) is 0. The van der Waals surface area contributed by atoms with E-state index < -0.39 is 5.79 Å². The maximum Gasteiger partial charge on any atom is 0.169 e. The molecular weight excluding hydrogens is 168 g/mol. The number of Topliss-reactive ketones (excluding diaryl/α,β-unsaturated/α-hetero) is 1. The number of hydrogen-bond acceptors (Lipinski definition) is 3. The maximum atomic E-state index is 11.6. The number of carbonyl (C=O) groups excluding carboxylic acids is 1. The van der Waals surface area contributed by atoms with Crippen LogP contribution in [0, 0.1) is 11.8 Å². The largest absolute Gasteiger partial charge is 0.347 e. The molecule has 0 bridgehead atoms. The molecule has 0 aromatic rings. The molecule has 2 rings (SSSR count). The van der Waals surface area contributed by atoms with E-state index in [-0.39, 0.29) is 11.8 Å². The van der Waals surface area contributed by atoms with Gasteiger partial charge in [0, 0.05) is 24.7 Å². The van der Waals surface area contributed by atoms with E-state index in [2.05, 4.69) is 0 Å². The van der Waals surface area contributed by atoms with Gasteiger partial charge in [-0.3, -0.25) is 4.79 Å². The second kappa shape index (κ2) is 3.07. The molecule has 1 saturated heterocycles. The Bertz CT molecular complexity index is 202. The van der Waals surface area contributed by atoms with E-state index in [1.165, 1.54) is 0 Å². The van der Waals surface area contributed by atoms with Crippen molar-refractivity contribution in [3.8, 4) is 0 Å². The number of carbonyl (C=O) groups is 1. The van der Waals surface area contributed by atoms with Gasteiger partial charge < -0.3 is 9.47 Å². The van der Waals surface area contributed by atoms with Crippen LogP contribution < -0.4 is 0 Å². The van der Waals surface area contributed by atoms with Crippen LogP contribution in [0.5, 0.6) is 0 Å². The average Bonchev–Trinajstić information content (AvgIpc) is 2.49. The summed E-state index contributed by atoms with van der Waals surface area (Å²) < 4.78 is 11.2. The Hall–Kier alpha value is -0.410. The summed E-state index contributed by atoms with van der Waals surface area (Å²) in [5.41, 5.74) is 0. The van der Waals surface area contributed by atoms with Crippen molar-refractivity contribution in [1.82, 2.24) is 0 Å². The van der Waals surface area contributed by atoms with Crippen molar-refractivity contribution < 1.29 is 14.3 Å². The Morgan fingerprint density at radius 3 is 2.08 bits per heavy atom. The zero-order valence-electron chi connectivity index (χ0n) is 8.21. The first-order valence-electron chi connectivity index (χ1n) is 4.95. The molecule has 0 amide bonds. The number of ether oxygens (including phenoxy) is 2. The molecule has 0 aromatic heterocycles. The Balaban J connectivity index is 2.12. The van der Waals surface area contributed by atoms with E-state index >= 15 is 0 Å². The molecule has 2 fully saturated rings. The zero-order chi connectivity index (χ0) is 9.47. The predicted molar refractivity (Wildman–Crippen MR) is 47.2 cm³/mol. The lowest BCUT2D eigenvalue weighted by Crippen LogP contribution is -2.43. The first-order valence-corrected chi connectivity index (χ1v) is 4.95. The number of ketones is 1. The molecular formula is C10H16O3. The minimum atomic E-state index is -0.424. The molecule has 1 spiro atoms. The predicted octanol–water partition coefficient (Wildman–Crippen LogP) is 1.36. The van der Waals surface area contributed by atoms with Crippen LogP contribution in [0.3, 0.4) is 0 Å². The van der Waals surface area contributed by atoms with Gasteiger partial charge in [0.1, 0.15) is 5.78 Å². The van der Waals surface area contributed by atoms with Crippen molar-refractivity contribution in [3.05, 3.63) is 0 Å². The van der Waals surface area contributed by atoms with E-state index in [1.54, 1.807) is 0 Å². The topological polar surface area (TPSA) is 35.5 Å². The van der Waals surface area contributed by atoms with Crippen LogP contribution in [-0.2, 0) is 14.3 Å². The Kier molecular flexibility index (Phi) is 2.16. The highest BCUT2D eigenvalue weighted by atomic mass is 16.7. The first kappa shape index (κ1) is 9.16. The number of hydrogen-bond donors (Lipinski definition) is 0. The molecule has 13 heavy (non-hydrogen) atoms. The summed E-state index contributed by atoms with van der Waals surface area (Å²) in [4.78, 5) is 11.6. The third-order valence-corrected chi connectivity index (χ3v) is 3.02. The van der Waals surface area contributed by atoms with Crippen molar-refractivity contribution >= 4 is 5.78 Å². The van der Waals surface area contributed by atoms with Gasteiger partial charge in [-0.25, -0.2) is 0 Å². The minimum Gasteiger partial charge on any atom is -0.347 e. The number of rotatable bonds is 0. The first-order chi connectivity index (χ1) is 6.13. The van der Waals surface area contributed by atoms with Crippen molar-refractivity contribution in [3.63, 3.8) is 0 Å². The molecule has 2 atom stereocenters. The van der Waals surface area contributed by atoms with Gasteiger partial charge in [-0.1, -0.05) is 13.8 Å². The lowest BCUT2D eigenvalue weighted by Gasteiger charge is -2.37. The normalized spacial score (nSPS) is 38.5. The van der Waals surface area contributed by atoms with Gasteiger partial charge in [-0.2, -0.15) is 0 Å². The van der Waals surface area contributed by atoms with Gasteiger partial charge in [-0.05, 0) is 0 Å². The quantitative estimate of drug-likeness (QED) is 0.570. The summed E-state index contributed by atoms with van der Waals surface area (Å²) in [5, 5.41) is 0. The van der Waals surface area contributed by atoms with Crippen LogP contribution in [0.25, 0.3) is 0 Å². The summed E-state index contributed by atoms with van der Waals surface area (Å²) in [6, 6.07) is 0. The highest BCUT2D eigenvalue weighted by Gasteiger charge is 2.46. The van der Waals surface area contributed by atoms with E-state index in [9.17, 15) is 4.79 Å². The van der Waals surface area contributed by atoms with E-state index in [1.807, 2.05) is 13.8 Å². The molecule has 0 radical (unpaired) electrons.